The summed E-state index contributed by atoms with van der Waals surface area (Å²) in [4.78, 5) is 0.0296. The second-order valence-electron chi connectivity index (χ2n) is 8.23. The fourth-order valence-corrected chi connectivity index (χ4v) is 5.13. The van der Waals surface area contributed by atoms with E-state index in [0.29, 0.717) is 28.5 Å². The van der Waals surface area contributed by atoms with Crippen molar-refractivity contribution in [2.45, 2.75) is 95.3 Å². The van der Waals surface area contributed by atoms with E-state index in [0.717, 1.165) is 12.8 Å². The highest BCUT2D eigenvalue weighted by Crippen LogP contribution is 2.35. The summed E-state index contributed by atoms with van der Waals surface area (Å²) < 4.78 is 39.5. The second-order valence-corrected chi connectivity index (χ2v) is 9.59. The maximum Gasteiger partial charge on any atom is 0.295 e. The lowest BCUT2D eigenvalue weighted by Crippen LogP contribution is -2.06. The smallest absolute Gasteiger partial charge is 0.295 e. The van der Waals surface area contributed by atoms with E-state index in [4.69, 9.17) is 4.74 Å². The largest absolute Gasteiger partial charge is 0.496 e. The summed E-state index contributed by atoms with van der Waals surface area (Å²) in [5.74, 6) is 0.645. The van der Waals surface area contributed by atoms with E-state index < -0.39 is 10.1 Å². The van der Waals surface area contributed by atoms with Crippen LogP contribution in [0.5, 0.6) is 5.75 Å². The van der Waals surface area contributed by atoms with Crippen LogP contribution >= 0.6 is 0 Å². The van der Waals surface area contributed by atoms with Crippen molar-refractivity contribution < 1.29 is 17.7 Å². The van der Waals surface area contributed by atoms with Crippen molar-refractivity contribution in [2.75, 3.05) is 7.11 Å². The molecule has 168 valence electrons. The summed E-state index contributed by atoms with van der Waals surface area (Å²) in [5, 5.41) is 1.22. The number of fused-ring (bicyclic) bond motifs is 1. The lowest BCUT2D eigenvalue weighted by atomic mass is 10.00. The maximum absolute atomic E-state index is 12.1. The Morgan fingerprint density at radius 3 is 1.80 bits per heavy atom. The van der Waals surface area contributed by atoms with Crippen LogP contribution in [-0.2, 0) is 16.5 Å². The summed E-state index contributed by atoms with van der Waals surface area (Å²) in [5.41, 5.74) is 0.639. The van der Waals surface area contributed by atoms with Gasteiger partial charge in [-0.05, 0) is 24.5 Å². The van der Waals surface area contributed by atoms with E-state index in [1.165, 1.54) is 64.2 Å². The Balaban J connectivity index is 1.84. The van der Waals surface area contributed by atoms with E-state index in [1.54, 1.807) is 25.3 Å². The van der Waals surface area contributed by atoms with Crippen LogP contribution in [0.25, 0.3) is 10.8 Å². The van der Waals surface area contributed by atoms with Crippen molar-refractivity contribution in [3.8, 4) is 5.75 Å². The first-order chi connectivity index (χ1) is 14.5. The van der Waals surface area contributed by atoms with Crippen molar-refractivity contribution in [2.24, 2.45) is 0 Å². The van der Waals surface area contributed by atoms with E-state index in [9.17, 15) is 13.0 Å². The third-order valence-electron chi connectivity index (χ3n) is 5.81. The van der Waals surface area contributed by atoms with Crippen LogP contribution in [0.2, 0.25) is 0 Å². The average Bonchev–Trinajstić information content (AvgIpc) is 2.72. The highest BCUT2D eigenvalue weighted by molar-refractivity contribution is 7.86. The molecule has 0 fully saturated rings. The molecule has 1 N–H and O–H groups in total. The van der Waals surface area contributed by atoms with E-state index in [-0.39, 0.29) is 4.90 Å². The number of hydrogen-bond donors (Lipinski definition) is 1. The van der Waals surface area contributed by atoms with Gasteiger partial charge in [-0.25, -0.2) is 0 Å². The lowest BCUT2D eigenvalue weighted by Gasteiger charge is -2.14. The van der Waals surface area contributed by atoms with E-state index >= 15 is 0 Å². The lowest BCUT2D eigenvalue weighted by molar-refractivity contribution is 0.418. The Morgan fingerprint density at radius 1 is 0.800 bits per heavy atom. The van der Waals surface area contributed by atoms with Crippen molar-refractivity contribution in [3.05, 3.63) is 35.9 Å². The first-order valence-electron chi connectivity index (χ1n) is 11.5. The Labute approximate surface area is 182 Å². The first kappa shape index (κ1) is 24.7. The van der Waals surface area contributed by atoms with E-state index in [2.05, 4.69) is 6.92 Å². The molecular weight excluding hydrogens is 396 g/mol. The third kappa shape index (κ3) is 7.59. The standard InChI is InChI=1S/C25H38O4S/c1-3-4-5-6-7-8-9-10-11-12-13-14-17-21-20-24(29-2)22-18-15-16-19-23(22)25(21)30(26,27)28/h15-16,18-20H,3-14,17H2,1-2H3,(H,26,27,28). The Hall–Kier alpha value is -1.59. The van der Waals surface area contributed by atoms with Gasteiger partial charge in [0.05, 0.1) is 7.11 Å². The van der Waals surface area contributed by atoms with Crippen LogP contribution in [0.15, 0.2) is 35.2 Å². The fourth-order valence-electron chi connectivity index (χ4n) is 4.19. The average molecular weight is 435 g/mol. The Morgan fingerprint density at radius 2 is 1.30 bits per heavy atom. The molecule has 2 aromatic rings. The van der Waals surface area contributed by atoms with Crippen LogP contribution in [0.4, 0.5) is 0 Å². The zero-order valence-electron chi connectivity index (χ0n) is 18.7. The molecule has 2 aromatic carbocycles. The summed E-state index contributed by atoms with van der Waals surface area (Å²) in [7, 11) is -2.72. The van der Waals surface area contributed by atoms with Gasteiger partial charge in [0.1, 0.15) is 10.6 Å². The number of aryl methyl sites for hydroxylation is 1. The number of unbranched alkanes of at least 4 members (excludes halogenated alkanes) is 11. The second kappa shape index (κ2) is 13.0. The minimum atomic E-state index is -4.31. The van der Waals surface area contributed by atoms with Crippen LogP contribution in [0.1, 0.15) is 89.5 Å². The molecule has 0 aliphatic heterocycles. The maximum atomic E-state index is 12.1. The van der Waals surface area contributed by atoms with Crippen molar-refractivity contribution in [3.63, 3.8) is 0 Å². The summed E-state index contributed by atoms with van der Waals surface area (Å²) in [6.45, 7) is 2.25. The van der Waals surface area contributed by atoms with Crippen LogP contribution < -0.4 is 4.74 Å². The topological polar surface area (TPSA) is 63.6 Å². The molecule has 0 amide bonds. The van der Waals surface area contributed by atoms with Gasteiger partial charge in [-0.3, -0.25) is 4.55 Å². The fraction of sp³-hybridized carbons (Fsp3) is 0.600. The number of rotatable bonds is 15. The number of benzene rings is 2. The molecule has 0 saturated heterocycles. The van der Waals surface area contributed by atoms with Crippen LogP contribution in [0.3, 0.4) is 0 Å². The third-order valence-corrected chi connectivity index (χ3v) is 6.81. The molecule has 4 nitrogen and oxygen atoms in total. The van der Waals surface area contributed by atoms with Crippen molar-refractivity contribution >= 4 is 20.9 Å². The molecule has 5 heteroatoms. The van der Waals surface area contributed by atoms with Gasteiger partial charge in [0.25, 0.3) is 10.1 Å². The van der Waals surface area contributed by atoms with Crippen LogP contribution in [-0.4, -0.2) is 20.1 Å². The highest BCUT2D eigenvalue weighted by atomic mass is 32.2. The van der Waals surface area contributed by atoms with Gasteiger partial charge in [0.2, 0.25) is 0 Å². The van der Waals surface area contributed by atoms with Gasteiger partial charge in [-0.1, -0.05) is 102 Å². The molecule has 0 aliphatic carbocycles. The van der Waals surface area contributed by atoms with Gasteiger partial charge in [-0.15, -0.1) is 0 Å². The quantitative estimate of drug-likeness (QED) is 0.235. The van der Waals surface area contributed by atoms with Crippen molar-refractivity contribution in [1.29, 1.82) is 0 Å². The summed E-state index contributed by atoms with van der Waals surface area (Å²) >= 11 is 0. The number of hydrogen-bond acceptors (Lipinski definition) is 3. The number of ether oxygens (including phenoxy) is 1. The summed E-state index contributed by atoms with van der Waals surface area (Å²) in [6, 6.07) is 8.93. The van der Waals surface area contributed by atoms with Gasteiger partial charge in [-0.2, -0.15) is 8.42 Å². The van der Waals surface area contributed by atoms with Crippen molar-refractivity contribution in [1.82, 2.24) is 0 Å². The molecule has 0 saturated carbocycles. The molecule has 0 bridgehead atoms. The SMILES string of the molecule is CCCCCCCCCCCCCCc1cc(OC)c2ccccc2c1S(=O)(=O)O. The summed E-state index contributed by atoms with van der Waals surface area (Å²) in [6.07, 6.45) is 15.7. The van der Waals surface area contributed by atoms with Gasteiger partial charge in [0, 0.05) is 10.8 Å². The normalized spacial score (nSPS) is 11.8. The molecular formula is C25H38O4S. The molecule has 0 atom stereocenters. The predicted octanol–water partition coefficient (Wildman–Crippen LogP) is 7.34. The molecule has 0 spiro atoms. The zero-order chi connectivity index (χ0) is 21.8. The molecule has 0 aromatic heterocycles. The highest BCUT2D eigenvalue weighted by Gasteiger charge is 2.21. The van der Waals surface area contributed by atoms with Gasteiger partial charge < -0.3 is 4.74 Å². The number of methoxy groups -OCH3 is 1. The molecule has 0 unspecified atom stereocenters. The first-order valence-corrected chi connectivity index (χ1v) is 13.0. The Bertz CT molecular complexity index is 874. The minimum Gasteiger partial charge on any atom is -0.496 e. The molecule has 2 rings (SSSR count). The predicted molar refractivity (Wildman–Crippen MR) is 125 cm³/mol. The van der Waals surface area contributed by atoms with E-state index in [1.807, 2.05) is 12.1 Å². The minimum absolute atomic E-state index is 0.0296. The van der Waals surface area contributed by atoms with Gasteiger partial charge in [0.15, 0.2) is 0 Å². The molecule has 0 radical (unpaired) electrons. The zero-order valence-corrected chi connectivity index (χ0v) is 19.5. The molecule has 0 aliphatic rings. The molecule has 30 heavy (non-hydrogen) atoms. The monoisotopic (exact) mass is 434 g/mol. The van der Waals surface area contributed by atoms with Gasteiger partial charge >= 0.3 is 0 Å². The molecule has 0 heterocycles. The van der Waals surface area contributed by atoms with Crippen LogP contribution in [0, 0.1) is 0 Å². The Kier molecular flexibility index (Phi) is 10.7.